The van der Waals surface area contributed by atoms with E-state index in [9.17, 15) is 14.4 Å². The van der Waals surface area contributed by atoms with Gasteiger partial charge in [0, 0.05) is 6.92 Å². The smallest absolute Gasteiger partial charge is 0.297 e. The summed E-state index contributed by atoms with van der Waals surface area (Å²) in [6.45, 7) is 7.80. The average molecular weight is 505 g/mol. The van der Waals surface area contributed by atoms with E-state index in [0.717, 1.165) is 11.3 Å². The van der Waals surface area contributed by atoms with Gasteiger partial charge in [0.1, 0.15) is 5.58 Å². The van der Waals surface area contributed by atoms with Crippen molar-refractivity contribution in [2.75, 3.05) is 18.1 Å². The summed E-state index contributed by atoms with van der Waals surface area (Å²) in [6.07, 6.45) is 0. The molecule has 184 valence electrons. The molecule has 1 aliphatic heterocycles. The van der Waals surface area contributed by atoms with Crippen LogP contribution < -0.4 is 19.8 Å². The topological polar surface area (TPSA) is 98.9 Å². The van der Waals surface area contributed by atoms with Gasteiger partial charge in [0.15, 0.2) is 27.8 Å². The van der Waals surface area contributed by atoms with Crippen LogP contribution in [0.3, 0.4) is 0 Å². The Balaban J connectivity index is 1.77. The SMILES string of the molecule is CCOc1ccc(C2c3c(oc4ccccc4c3=O)C(=O)N2c2nc(C)c(C(C)=O)s2)cc1OCC. The number of Topliss-reactive ketones (excluding diaryl/α,β-unsaturated/α-hetero) is 1. The molecule has 2 aromatic carbocycles. The number of carbonyl (C=O) groups is 2. The molecule has 5 rings (SSSR count). The summed E-state index contributed by atoms with van der Waals surface area (Å²) >= 11 is 1.12. The lowest BCUT2D eigenvalue weighted by Gasteiger charge is -2.23. The van der Waals surface area contributed by atoms with Crippen LogP contribution in [0.5, 0.6) is 11.5 Å². The van der Waals surface area contributed by atoms with Gasteiger partial charge in [-0.25, -0.2) is 4.98 Å². The van der Waals surface area contributed by atoms with Crippen LogP contribution in [0.25, 0.3) is 11.0 Å². The summed E-state index contributed by atoms with van der Waals surface area (Å²) in [7, 11) is 0. The molecule has 0 fully saturated rings. The Morgan fingerprint density at radius 3 is 2.50 bits per heavy atom. The van der Waals surface area contributed by atoms with Crippen LogP contribution in [0.2, 0.25) is 0 Å². The Morgan fingerprint density at radius 2 is 1.81 bits per heavy atom. The van der Waals surface area contributed by atoms with Gasteiger partial charge in [-0.2, -0.15) is 0 Å². The number of aromatic nitrogens is 1. The molecule has 0 aliphatic carbocycles. The predicted octanol–water partition coefficient (Wildman–Crippen LogP) is 5.31. The Bertz CT molecular complexity index is 1570. The maximum absolute atomic E-state index is 13.8. The summed E-state index contributed by atoms with van der Waals surface area (Å²) in [5.74, 6) is 0.397. The van der Waals surface area contributed by atoms with Gasteiger partial charge >= 0.3 is 0 Å². The van der Waals surface area contributed by atoms with Crippen molar-refractivity contribution in [3.63, 3.8) is 0 Å². The quantitative estimate of drug-likeness (QED) is 0.315. The number of ketones is 1. The molecule has 1 amide bonds. The summed E-state index contributed by atoms with van der Waals surface area (Å²) in [4.78, 5) is 46.1. The van der Waals surface area contributed by atoms with E-state index in [1.54, 1.807) is 49.4 Å². The largest absolute Gasteiger partial charge is 0.490 e. The van der Waals surface area contributed by atoms with Crippen molar-refractivity contribution < 1.29 is 23.5 Å². The zero-order valence-corrected chi connectivity index (χ0v) is 21.1. The summed E-state index contributed by atoms with van der Waals surface area (Å²) in [5, 5.41) is 0.695. The number of hydrogen-bond acceptors (Lipinski definition) is 8. The molecule has 36 heavy (non-hydrogen) atoms. The minimum Gasteiger partial charge on any atom is -0.490 e. The predicted molar refractivity (Wildman–Crippen MR) is 137 cm³/mol. The zero-order valence-electron chi connectivity index (χ0n) is 20.3. The van der Waals surface area contributed by atoms with Gasteiger partial charge < -0.3 is 13.9 Å². The van der Waals surface area contributed by atoms with E-state index in [-0.39, 0.29) is 22.5 Å². The molecular formula is C27H24N2O6S. The van der Waals surface area contributed by atoms with Crippen LogP contribution in [-0.2, 0) is 0 Å². The minimum atomic E-state index is -0.825. The molecule has 9 heteroatoms. The van der Waals surface area contributed by atoms with Crippen molar-refractivity contribution in [1.82, 2.24) is 4.98 Å². The van der Waals surface area contributed by atoms with E-state index >= 15 is 0 Å². The number of thiazole rings is 1. The first-order valence-electron chi connectivity index (χ1n) is 11.6. The van der Waals surface area contributed by atoms with Gasteiger partial charge in [-0.1, -0.05) is 29.5 Å². The first kappa shape index (κ1) is 23.7. The van der Waals surface area contributed by atoms with E-state index in [2.05, 4.69) is 4.98 Å². The fourth-order valence-corrected chi connectivity index (χ4v) is 5.47. The van der Waals surface area contributed by atoms with Crippen LogP contribution in [-0.4, -0.2) is 29.9 Å². The third kappa shape index (κ3) is 3.76. The lowest BCUT2D eigenvalue weighted by Crippen LogP contribution is -2.29. The molecule has 0 saturated carbocycles. The third-order valence-electron chi connectivity index (χ3n) is 5.97. The number of amides is 1. The highest BCUT2D eigenvalue weighted by Crippen LogP contribution is 2.44. The van der Waals surface area contributed by atoms with Crippen molar-refractivity contribution >= 4 is 39.1 Å². The second kappa shape index (κ2) is 9.23. The van der Waals surface area contributed by atoms with Crippen LogP contribution in [0.4, 0.5) is 5.13 Å². The molecule has 4 aromatic rings. The monoisotopic (exact) mass is 504 g/mol. The average Bonchev–Trinajstić information content (AvgIpc) is 3.38. The van der Waals surface area contributed by atoms with Gasteiger partial charge in [0.2, 0.25) is 5.76 Å². The van der Waals surface area contributed by atoms with Crippen molar-refractivity contribution in [2.45, 2.75) is 33.7 Å². The highest BCUT2D eigenvalue weighted by atomic mass is 32.1. The second-order valence-electron chi connectivity index (χ2n) is 8.29. The van der Waals surface area contributed by atoms with Gasteiger partial charge in [0.05, 0.1) is 40.8 Å². The number of ether oxygens (including phenoxy) is 2. The molecule has 1 unspecified atom stereocenters. The lowest BCUT2D eigenvalue weighted by atomic mass is 9.98. The molecule has 2 aromatic heterocycles. The first-order chi connectivity index (χ1) is 17.3. The van der Waals surface area contributed by atoms with Crippen LogP contribution in [0.15, 0.2) is 51.7 Å². The van der Waals surface area contributed by atoms with Crippen molar-refractivity contribution in [2.24, 2.45) is 0 Å². The highest BCUT2D eigenvalue weighted by molar-refractivity contribution is 7.17. The Hall–Kier alpha value is -3.98. The zero-order chi connectivity index (χ0) is 25.6. The molecule has 0 spiro atoms. The molecule has 0 saturated heterocycles. The van der Waals surface area contributed by atoms with E-state index in [1.807, 2.05) is 13.8 Å². The number of aryl methyl sites for hydroxylation is 1. The van der Waals surface area contributed by atoms with E-state index in [1.165, 1.54) is 11.8 Å². The summed E-state index contributed by atoms with van der Waals surface area (Å²) in [5.41, 5.74) is 1.42. The second-order valence-corrected chi connectivity index (χ2v) is 9.26. The van der Waals surface area contributed by atoms with Crippen molar-refractivity contribution in [3.8, 4) is 11.5 Å². The van der Waals surface area contributed by atoms with E-state index < -0.39 is 11.9 Å². The molecular weight excluding hydrogens is 480 g/mol. The number of carbonyl (C=O) groups excluding carboxylic acids is 2. The first-order valence-corrected chi connectivity index (χ1v) is 12.4. The summed E-state index contributed by atoms with van der Waals surface area (Å²) in [6, 6.07) is 11.3. The van der Waals surface area contributed by atoms with Crippen molar-refractivity contribution in [1.29, 1.82) is 0 Å². The number of fused-ring (bicyclic) bond motifs is 2. The van der Waals surface area contributed by atoms with Gasteiger partial charge in [-0.05, 0) is 50.6 Å². The molecule has 1 atom stereocenters. The maximum atomic E-state index is 13.8. The van der Waals surface area contributed by atoms with Crippen LogP contribution in [0.1, 0.15) is 63.9 Å². The van der Waals surface area contributed by atoms with E-state index in [4.69, 9.17) is 13.9 Å². The lowest BCUT2D eigenvalue weighted by molar-refractivity contribution is 0.0969. The Labute approximate surface area is 211 Å². The number of hydrogen-bond donors (Lipinski definition) is 0. The van der Waals surface area contributed by atoms with Crippen molar-refractivity contribution in [3.05, 3.63) is 80.1 Å². The van der Waals surface area contributed by atoms with Crippen LogP contribution in [0, 0.1) is 6.92 Å². The minimum absolute atomic E-state index is 0.0345. The number of nitrogens with zero attached hydrogens (tertiary/aromatic N) is 2. The molecule has 0 radical (unpaired) electrons. The molecule has 8 nitrogen and oxygen atoms in total. The normalized spacial score (nSPS) is 14.8. The van der Waals surface area contributed by atoms with Gasteiger partial charge in [-0.15, -0.1) is 0 Å². The Kier molecular flexibility index (Phi) is 6.09. The standard InChI is InChI=1S/C27H24N2O6S/c1-5-33-19-12-11-16(13-20(19)34-6-2)22-21-23(31)17-9-7-8-10-18(17)35-24(21)26(32)29(22)27-28-14(3)25(36-27)15(4)30/h7-13,22H,5-6H2,1-4H3. The Morgan fingerprint density at radius 1 is 1.08 bits per heavy atom. The molecule has 0 bridgehead atoms. The number of anilines is 1. The fraction of sp³-hybridized carbons (Fsp3) is 0.259. The summed E-state index contributed by atoms with van der Waals surface area (Å²) < 4.78 is 17.5. The molecule has 0 N–H and O–H groups in total. The maximum Gasteiger partial charge on any atom is 0.297 e. The molecule has 1 aliphatic rings. The number of para-hydroxylation sites is 1. The van der Waals surface area contributed by atoms with Crippen LogP contribution >= 0.6 is 11.3 Å². The number of benzene rings is 2. The number of rotatable bonds is 7. The third-order valence-corrected chi connectivity index (χ3v) is 7.23. The van der Waals surface area contributed by atoms with E-state index in [0.29, 0.717) is 56.9 Å². The van der Waals surface area contributed by atoms with Gasteiger partial charge in [-0.3, -0.25) is 19.3 Å². The van der Waals surface area contributed by atoms with Gasteiger partial charge in [0.25, 0.3) is 5.91 Å². The fourth-order valence-electron chi connectivity index (χ4n) is 4.48. The highest BCUT2D eigenvalue weighted by Gasteiger charge is 2.45. The molecule has 3 heterocycles.